The van der Waals surface area contributed by atoms with Gasteiger partial charge in [-0.1, -0.05) is 16.7 Å². The molecule has 4 nitrogen and oxygen atoms in total. The molecular weight excluding hydrogens is 310 g/mol. The number of hydrogen-bond acceptors (Lipinski definition) is 2. The van der Waals surface area contributed by atoms with Crippen molar-refractivity contribution in [2.45, 2.75) is 19.9 Å². The number of hydrogen-bond donors (Lipinski definition) is 0. The predicted octanol–water partition coefficient (Wildman–Crippen LogP) is 5.06. The number of benzene rings is 2. The van der Waals surface area contributed by atoms with Crippen molar-refractivity contribution in [3.05, 3.63) is 60.8 Å². The van der Waals surface area contributed by atoms with Crippen LogP contribution in [-0.4, -0.2) is 21.6 Å². The lowest BCUT2D eigenvalue weighted by molar-refractivity contribution is -0.466. The van der Waals surface area contributed by atoms with Crippen LogP contribution in [0, 0.1) is 0 Å². The summed E-state index contributed by atoms with van der Waals surface area (Å²) in [6.07, 6.45) is 1.75. The average Bonchev–Trinajstić information content (AvgIpc) is 3.19. The molecule has 4 heteroatoms. The lowest BCUT2D eigenvalue weighted by Gasteiger charge is -1.97. The first-order valence-corrected chi connectivity index (χ1v) is 8.44. The van der Waals surface area contributed by atoms with Gasteiger partial charge in [0, 0.05) is 35.2 Å². The largest absolute Gasteiger partial charge is 0.496 e. The zero-order valence-corrected chi connectivity index (χ0v) is 14.1. The minimum absolute atomic E-state index is 0.338. The van der Waals surface area contributed by atoms with Crippen LogP contribution in [0.3, 0.4) is 0 Å². The van der Waals surface area contributed by atoms with Crippen LogP contribution in [0.2, 0.25) is 0 Å². The molecule has 0 radical (unpaired) electrons. The van der Waals surface area contributed by atoms with Gasteiger partial charge >= 0.3 is 6.01 Å². The van der Waals surface area contributed by atoms with Gasteiger partial charge in [0.15, 0.2) is 6.04 Å². The molecule has 25 heavy (non-hydrogen) atoms. The van der Waals surface area contributed by atoms with Gasteiger partial charge in [-0.2, -0.15) is 0 Å². The molecule has 0 bridgehead atoms. The van der Waals surface area contributed by atoms with Gasteiger partial charge in [0.25, 0.3) is 11.4 Å². The Balaban J connectivity index is 1.75. The van der Waals surface area contributed by atoms with Crippen LogP contribution in [0.15, 0.2) is 65.2 Å². The van der Waals surface area contributed by atoms with Crippen molar-refractivity contribution in [1.29, 1.82) is 0 Å². The van der Waals surface area contributed by atoms with E-state index in [4.69, 9.17) is 4.42 Å². The summed E-state index contributed by atoms with van der Waals surface area (Å²) in [7, 11) is 0. The first-order chi connectivity index (χ1) is 12.2. The van der Waals surface area contributed by atoms with Gasteiger partial charge in [-0.25, -0.2) is 4.98 Å². The van der Waals surface area contributed by atoms with Crippen molar-refractivity contribution in [2.24, 2.45) is 0 Å². The summed E-state index contributed by atoms with van der Waals surface area (Å²) in [5, 5.41) is 2.13. The molecule has 0 saturated carbocycles. The highest BCUT2D eigenvalue weighted by atomic mass is 16.3. The third-order valence-corrected chi connectivity index (χ3v) is 4.60. The van der Waals surface area contributed by atoms with Crippen LogP contribution in [0.25, 0.3) is 22.1 Å². The summed E-state index contributed by atoms with van der Waals surface area (Å²) >= 11 is 0. The molecule has 2 aromatic heterocycles. The summed E-state index contributed by atoms with van der Waals surface area (Å²) in [6.45, 7) is 4.34. The predicted molar refractivity (Wildman–Crippen MR) is 99.5 cm³/mol. The summed E-state index contributed by atoms with van der Waals surface area (Å²) in [6, 6.07) is 22.4. The third kappa shape index (κ3) is 2.05. The maximum atomic E-state index is 5.94. The van der Waals surface area contributed by atoms with E-state index in [1.54, 1.807) is 6.20 Å². The lowest BCUT2D eigenvalue weighted by atomic mass is 10.1. The van der Waals surface area contributed by atoms with Gasteiger partial charge in [-0.3, -0.25) is 0 Å². The topological polar surface area (TPSA) is 32.0 Å². The molecule has 0 saturated heterocycles. The quantitative estimate of drug-likeness (QED) is 0.482. The molecular formula is C21H17N3O+2. The maximum Gasteiger partial charge on any atom is 0.496 e. The lowest BCUT2D eigenvalue weighted by Crippen LogP contribution is -2.12. The van der Waals surface area contributed by atoms with Crippen molar-refractivity contribution in [3.63, 3.8) is 0 Å². The van der Waals surface area contributed by atoms with E-state index in [1.165, 1.54) is 5.69 Å². The molecule has 0 spiro atoms. The second kappa shape index (κ2) is 5.13. The van der Waals surface area contributed by atoms with Crippen molar-refractivity contribution in [1.82, 2.24) is 9.56 Å². The Labute approximate surface area is 145 Å². The fraction of sp³-hybridized carbons (Fsp3) is 0.143. The Bertz CT molecular complexity index is 1210. The van der Waals surface area contributed by atoms with Gasteiger partial charge < -0.3 is 4.42 Å². The Morgan fingerprint density at radius 1 is 0.960 bits per heavy atom. The monoisotopic (exact) mass is 327 g/mol. The number of rotatable bonds is 2. The Hall–Kier alpha value is -3.23. The number of furan rings is 1. The second-order valence-electron chi connectivity index (χ2n) is 6.53. The van der Waals surface area contributed by atoms with Gasteiger partial charge in [0.1, 0.15) is 5.58 Å². The number of aromatic nitrogens is 1. The third-order valence-electron chi connectivity index (χ3n) is 4.60. The van der Waals surface area contributed by atoms with Crippen LogP contribution in [-0.2, 0) is 0 Å². The minimum atomic E-state index is 0.338. The van der Waals surface area contributed by atoms with Crippen molar-refractivity contribution in [3.8, 4) is 0 Å². The van der Waals surface area contributed by atoms with E-state index in [1.807, 2.05) is 12.1 Å². The van der Waals surface area contributed by atoms with E-state index in [2.05, 4.69) is 76.5 Å². The summed E-state index contributed by atoms with van der Waals surface area (Å²) in [4.78, 5) is 4.31. The standard InChI is InChI=1S/C21H17N3O/c1-14(2)23-13-24(19-8-4-3-7-18(19)23)15-9-10-16-17-6-5-11-22-21(17)25-20(16)12-15/h3-12,14H,1-2H3/q+2. The van der Waals surface area contributed by atoms with Gasteiger partial charge in [-0.15, -0.1) is 0 Å². The SMILES string of the molecule is CC(C)[N+]1=C=[N+](c2ccc3c(c2)oc2ncccc23)c2ccccc21. The van der Waals surface area contributed by atoms with E-state index in [0.29, 0.717) is 11.8 Å². The molecule has 1 aliphatic heterocycles. The smallest absolute Gasteiger partial charge is 0.437 e. The molecule has 5 rings (SSSR count). The van der Waals surface area contributed by atoms with Gasteiger partial charge in [-0.05, 0) is 36.6 Å². The molecule has 0 unspecified atom stereocenters. The number of nitrogens with zero attached hydrogens (tertiary/aromatic N) is 3. The van der Waals surface area contributed by atoms with E-state index in [9.17, 15) is 0 Å². The van der Waals surface area contributed by atoms with Crippen LogP contribution >= 0.6 is 0 Å². The summed E-state index contributed by atoms with van der Waals surface area (Å²) in [5.74, 6) is 0. The number of pyridine rings is 1. The van der Waals surface area contributed by atoms with Crippen molar-refractivity contribution >= 4 is 45.1 Å². The molecule has 120 valence electrons. The fourth-order valence-electron chi connectivity index (χ4n) is 3.40. The first kappa shape index (κ1) is 14.1. The van der Waals surface area contributed by atoms with Crippen LogP contribution in [0.5, 0.6) is 0 Å². The normalized spacial score (nSPS) is 13.4. The molecule has 3 heterocycles. The van der Waals surface area contributed by atoms with E-state index in [-0.39, 0.29) is 0 Å². The van der Waals surface area contributed by atoms with Gasteiger partial charge in [0.05, 0.1) is 6.07 Å². The molecule has 0 N–H and O–H groups in total. The van der Waals surface area contributed by atoms with Crippen molar-refractivity contribution < 1.29 is 8.99 Å². The first-order valence-electron chi connectivity index (χ1n) is 8.44. The van der Waals surface area contributed by atoms with Crippen LogP contribution < -0.4 is 4.58 Å². The summed E-state index contributed by atoms with van der Waals surface area (Å²) < 4.78 is 10.2. The number of fused-ring (bicyclic) bond motifs is 4. The number of para-hydroxylation sites is 2. The van der Waals surface area contributed by atoms with E-state index in [0.717, 1.165) is 27.7 Å². The zero-order chi connectivity index (χ0) is 17.0. The fourth-order valence-corrected chi connectivity index (χ4v) is 3.40. The minimum Gasteiger partial charge on any atom is -0.437 e. The average molecular weight is 327 g/mol. The Morgan fingerprint density at radius 2 is 1.80 bits per heavy atom. The molecule has 0 atom stereocenters. The molecule has 4 aromatic rings. The molecule has 0 fully saturated rings. The zero-order valence-electron chi connectivity index (χ0n) is 14.1. The second-order valence-corrected chi connectivity index (χ2v) is 6.53. The van der Waals surface area contributed by atoms with E-state index >= 15 is 0 Å². The Kier molecular flexibility index (Phi) is 2.90. The highest BCUT2D eigenvalue weighted by molar-refractivity contribution is 6.04. The van der Waals surface area contributed by atoms with Crippen LogP contribution in [0.1, 0.15) is 13.8 Å². The molecule has 0 aliphatic carbocycles. The highest BCUT2D eigenvalue weighted by Gasteiger charge is 2.36. The van der Waals surface area contributed by atoms with Crippen molar-refractivity contribution in [2.75, 3.05) is 0 Å². The molecule has 1 aliphatic rings. The van der Waals surface area contributed by atoms with E-state index < -0.39 is 0 Å². The maximum absolute atomic E-state index is 5.94. The molecule has 2 aromatic carbocycles. The van der Waals surface area contributed by atoms with Crippen LogP contribution in [0.4, 0.5) is 17.1 Å². The molecule has 0 amide bonds. The van der Waals surface area contributed by atoms with Gasteiger partial charge in [0.2, 0.25) is 11.4 Å². The Morgan fingerprint density at radius 3 is 2.64 bits per heavy atom. The summed E-state index contributed by atoms with van der Waals surface area (Å²) in [5.41, 5.74) is 4.84. The highest BCUT2D eigenvalue weighted by Crippen LogP contribution is 2.36.